The molecule has 0 unspecified atom stereocenters. The zero-order valence-corrected chi connectivity index (χ0v) is 9.62. The molecule has 1 heterocycles. The molecule has 0 saturated carbocycles. The topological polar surface area (TPSA) is 30.2 Å². The Labute approximate surface area is 98.8 Å². The normalized spacial score (nSPS) is 10.4. The van der Waals surface area contributed by atoms with Gasteiger partial charge in [0.05, 0.1) is 0 Å². The SMILES string of the molecule is Cc1oc(-c2ccc(Cl)cc2)cc1CC=O. The van der Waals surface area contributed by atoms with Crippen LogP contribution in [0.1, 0.15) is 11.3 Å². The second-order valence-corrected chi connectivity index (χ2v) is 4.01. The lowest BCUT2D eigenvalue weighted by atomic mass is 10.1. The molecule has 0 amide bonds. The van der Waals surface area contributed by atoms with Crippen molar-refractivity contribution in [3.63, 3.8) is 0 Å². The van der Waals surface area contributed by atoms with Crippen LogP contribution in [0.2, 0.25) is 5.02 Å². The molecule has 2 aromatic rings. The highest BCUT2D eigenvalue weighted by atomic mass is 35.5. The van der Waals surface area contributed by atoms with Crippen LogP contribution in [0.25, 0.3) is 11.3 Å². The van der Waals surface area contributed by atoms with Crippen LogP contribution in [0, 0.1) is 6.92 Å². The van der Waals surface area contributed by atoms with E-state index in [1.165, 1.54) is 0 Å². The third-order valence-corrected chi connectivity index (χ3v) is 2.70. The summed E-state index contributed by atoms with van der Waals surface area (Å²) in [7, 11) is 0. The highest BCUT2D eigenvalue weighted by Gasteiger charge is 2.08. The Balaban J connectivity index is 2.37. The van der Waals surface area contributed by atoms with Crippen LogP contribution in [-0.4, -0.2) is 6.29 Å². The monoisotopic (exact) mass is 234 g/mol. The zero-order valence-electron chi connectivity index (χ0n) is 8.87. The molecule has 82 valence electrons. The Kier molecular flexibility index (Phi) is 3.11. The van der Waals surface area contributed by atoms with E-state index in [9.17, 15) is 4.79 Å². The number of rotatable bonds is 3. The predicted molar refractivity (Wildman–Crippen MR) is 63.7 cm³/mol. The maximum Gasteiger partial charge on any atom is 0.134 e. The van der Waals surface area contributed by atoms with Crippen molar-refractivity contribution in [1.29, 1.82) is 0 Å². The van der Waals surface area contributed by atoms with Gasteiger partial charge in [0.15, 0.2) is 0 Å². The first-order valence-corrected chi connectivity index (χ1v) is 5.37. The van der Waals surface area contributed by atoms with Crippen LogP contribution in [0.4, 0.5) is 0 Å². The molecule has 0 radical (unpaired) electrons. The van der Waals surface area contributed by atoms with Gasteiger partial charge < -0.3 is 9.21 Å². The highest BCUT2D eigenvalue weighted by Crippen LogP contribution is 2.26. The zero-order chi connectivity index (χ0) is 11.5. The molecule has 0 aliphatic heterocycles. The number of benzene rings is 1. The summed E-state index contributed by atoms with van der Waals surface area (Å²) in [6.45, 7) is 1.86. The molecule has 0 atom stereocenters. The largest absolute Gasteiger partial charge is 0.461 e. The van der Waals surface area contributed by atoms with E-state index < -0.39 is 0 Å². The first kappa shape index (κ1) is 11.0. The number of aryl methyl sites for hydroxylation is 1. The molecule has 1 aromatic carbocycles. The van der Waals surface area contributed by atoms with Gasteiger partial charge in [-0.15, -0.1) is 0 Å². The van der Waals surface area contributed by atoms with E-state index >= 15 is 0 Å². The number of hydrogen-bond donors (Lipinski definition) is 0. The molecule has 0 saturated heterocycles. The van der Waals surface area contributed by atoms with Crippen LogP contribution < -0.4 is 0 Å². The summed E-state index contributed by atoms with van der Waals surface area (Å²) in [4.78, 5) is 10.5. The van der Waals surface area contributed by atoms with Crippen LogP contribution >= 0.6 is 11.6 Å². The van der Waals surface area contributed by atoms with E-state index in [1.54, 1.807) is 0 Å². The van der Waals surface area contributed by atoms with E-state index in [1.807, 2.05) is 37.3 Å². The van der Waals surface area contributed by atoms with Crippen molar-refractivity contribution in [3.8, 4) is 11.3 Å². The van der Waals surface area contributed by atoms with E-state index in [-0.39, 0.29) is 0 Å². The van der Waals surface area contributed by atoms with Gasteiger partial charge in [0.25, 0.3) is 0 Å². The van der Waals surface area contributed by atoms with Crippen LogP contribution in [0.15, 0.2) is 34.7 Å². The average molecular weight is 235 g/mol. The van der Waals surface area contributed by atoms with Crippen molar-refractivity contribution in [2.75, 3.05) is 0 Å². The van der Waals surface area contributed by atoms with Gasteiger partial charge in [0.1, 0.15) is 17.8 Å². The van der Waals surface area contributed by atoms with Crippen molar-refractivity contribution in [1.82, 2.24) is 0 Å². The maximum atomic E-state index is 10.5. The molecule has 2 nitrogen and oxygen atoms in total. The van der Waals surface area contributed by atoms with E-state index in [0.717, 1.165) is 28.9 Å². The van der Waals surface area contributed by atoms with Crippen molar-refractivity contribution in [2.45, 2.75) is 13.3 Å². The van der Waals surface area contributed by atoms with Crippen molar-refractivity contribution in [3.05, 3.63) is 46.7 Å². The first-order chi connectivity index (χ1) is 7.70. The van der Waals surface area contributed by atoms with E-state index in [0.29, 0.717) is 11.4 Å². The molecule has 2 rings (SSSR count). The lowest BCUT2D eigenvalue weighted by Gasteiger charge is -1.95. The number of halogens is 1. The Morgan fingerprint density at radius 2 is 2.00 bits per heavy atom. The lowest BCUT2D eigenvalue weighted by molar-refractivity contribution is -0.107. The smallest absolute Gasteiger partial charge is 0.134 e. The van der Waals surface area contributed by atoms with Crippen LogP contribution in [0.5, 0.6) is 0 Å². The molecule has 0 aliphatic rings. The van der Waals surface area contributed by atoms with Gasteiger partial charge in [-0.25, -0.2) is 0 Å². The van der Waals surface area contributed by atoms with Gasteiger partial charge in [-0.2, -0.15) is 0 Å². The Hall–Kier alpha value is -1.54. The number of hydrogen-bond acceptors (Lipinski definition) is 2. The Bertz CT molecular complexity index is 497. The molecular weight excluding hydrogens is 224 g/mol. The molecular formula is C13H11ClO2. The first-order valence-electron chi connectivity index (χ1n) is 4.99. The minimum Gasteiger partial charge on any atom is -0.461 e. The predicted octanol–water partition coefficient (Wildman–Crippen LogP) is 3.65. The second kappa shape index (κ2) is 4.54. The van der Waals surface area contributed by atoms with Gasteiger partial charge in [0.2, 0.25) is 0 Å². The van der Waals surface area contributed by atoms with Crippen LogP contribution in [-0.2, 0) is 11.2 Å². The summed E-state index contributed by atoms with van der Waals surface area (Å²) in [5.74, 6) is 1.56. The fourth-order valence-electron chi connectivity index (χ4n) is 1.57. The molecule has 16 heavy (non-hydrogen) atoms. The molecule has 0 fully saturated rings. The average Bonchev–Trinajstić information content (AvgIpc) is 2.62. The molecule has 0 N–H and O–H groups in total. The summed E-state index contributed by atoms with van der Waals surface area (Å²) in [5, 5.41) is 0.695. The summed E-state index contributed by atoms with van der Waals surface area (Å²) in [5.41, 5.74) is 1.89. The minimum absolute atomic E-state index is 0.392. The molecule has 3 heteroatoms. The summed E-state index contributed by atoms with van der Waals surface area (Å²) in [6.07, 6.45) is 1.27. The summed E-state index contributed by atoms with van der Waals surface area (Å²) < 4.78 is 5.59. The Morgan fingerprint density at radius 3 is 2.62 bits per heavy atom. The lowest BCUT2D eigenvalue weighted by Crippen LogP contribution is -1.83. The molecule has 0 aliphatic carbocycles. The fourth-order valence-corrected chi connectivity index (χ4v) is 1.69. The van der Waals surface area contributed by atoms with E-state index in [4.69, 9.17) is 16.0 Å². The van der Waals surface area contributed by atoms with Gasteiger partial charge in [0, 0.05) is 22.6 Å². The van der Waals surface area contributed by atoms with Gasteiger partial charge in [-0.1, -0.05) is 11.6 Å². The van der Waals surface area contributed by atoms with Gasteiger partial charge in [-0.3, -0.25) is 0 Å². The quantitative estimate of drug-likeness (QED) is 0.759. The summed E-state index contributed by atoms with van der Waals surface area (Å²) in [6, 6.07) is 9.31. The number of carbonyl (C=O) groups is 1. The molecule has 1 aromatic heterocycles. The fraction of sp³-hybridized carbons (Fsp3) is 0.154. The Morgan fingerprint density at radius 1 is 1.31 bits per heavy atom. The minimum atomic E-state index is 0.392. The number of furan rings is 1. The number of carbonyl (C=O) groups excluding carboxylic acids is 1. The molecule has 0 bridgehead atoms. The molecule has 0 spiro atoms. The summed E-state index contributed by atoms with van der Waals surface area (Å²) >= 11 is 5.81. The standard InChI is InChI=1S/C13H11ClO2/c1-9-11(6-7-15)8-13(16-9)10-2-4-12(14)5-3-10/h2-5,7-8H,6H2,1H3. The highest BCUT2D eigenvalue weighted by molar-refractivity contribution is 6.30. The second-order valence-electron chi connectivity index (χ2n) is 3.57. The van der Waals surface area contributed by atoms with E-state index in [2.05, 4.69) is 0 Å². The third-order valence-electron chi connectivity index (χ3n) is 2.45. The van der Waals surface area contributed by atoms with Crippen LogP contribution in [0.3, 0.4) is 0 Å². The van der Waals surface area contributed by atoms with Gasteiger partial charge >= 0.3 is 0 Å². The van der Waals surface area contributed by atoms with Crippen molar-refractivity contribution >= 4 is 17.9 Å². The van der Waals surface area contributed by atoms with Gasteiger partial charge in [-0.05, 0) is 37.3 Å². The van der Waals surface area contributed by atoms with Crippen molar-refractivity contribution in [2.24, 2.45) is 0 Å². The maximum absolute atomic E-state index is 10.5. The van der Waals surface area contributed by atoms with Crippen molar-refractivity contribution < 1.29 is 9.21 Å². The number of aldehydes is 1. The third kappa shape index (κ3) is 2.17.